The van der Waals surface area contributed by atoms with Crippen LogP contribution in [0.25, 0.3) is 0 Å². The van der Waals surface area contributed by atoms with Gasteiger partial charge in [-0.25, -0.2) is 13.2 Å². The average Bonchev–Trinajstić information content (AvgIpc) is 2.37. The number of carbonyl (C=O) groups excluding carboxylic acids is 1. The van der Waals surface area contributed by atoms with E-state index in [1.54, 1.807) is 25.1 Å². The summed E-state index contributed by atoms with van der Waals surface area (Å²) in [6.07, 6.45) is 0.493. The van der Waals surface area contributed by atoms with Crippen LogP contribution in [0.15, 0.2) is 18.2 Å². The number of hydrogen-bond acceptors (Lipinski definition) is 4. The van der Waals surface area contributed by atoms with Gasteiger partial charge in [-0.15, -0.1) is 0 Å². The zero-order chi connectivity index (χ0) is 15.3. The van der Waals surface area contributed by atoms with E-state index in [-0.39, 0.29) is 13.1 Å². The van der Waals surface area contributed by atoms with Gasteiger partial charge in [-0.3, -0.25) is 4.31 Å². The van der Waals surface area contributed by atoms with Crippen LogP contribution >= 0.6 is 11.6 Å². The van der Waals surface area contributed by atoms with Crippen molar-refractivity contribution >= 4 is 33.4 Å². The highest BCUT2D eigenvalue weighted by Crippen LogP contribution is 2.27. The van der Waals surface area contributed by atoms with Gasteiger partial charge in [0.25, 0.3) is 0 Å². The summed E-state index contributed by atoms with van der Waals surface area (Å²) in [5.74, 6) is 0. The van der Waals surface area contributed by atoms with E-state index in [1.165, 1.54) is 11.4 Å². The Morgan fingerprint density at radius 2 is 2.10 bits per heavy atom. The molecule has 0 atom stereocenters. The summed E-state index contributed by atoms with van der Waals surface area (Å²) in [5.41, 5.74) is 1.16. The smallest absolute Gasteiger partial charge is 0.406 e. The van der Waals surface area contributed by atoms with Gasteiger partial charge in [0.05, 0.1) is 25.6 Å². The van der Waals surface area contributed by atoms with Crippen molar-refractivity contribution in [3.8, 4) is 0 Å². The molecule has 6 nitrogen and oxygen atoms in total. The SMILES string of the molecule is COC(=O)NCCN(c1cccc(Cl)c1C)S(C)(=O)=O. The van der Waals surface area contributed by atoms with Gasteiger partial charge in [0.2, 0.25) is 10.0 Å². The molecule has 0 aliphatic heterocycles. The summed E-state index contributed by atoms with van der Waals surface area (Å²) in [4.78, 5) is 11.0. The summed E-state index contributed by atoms with van der Waals surface area (Å²) < 4.78 is 29.4. The first-order valence-electron chi connectivity index (χ1n) is 5.82. The van der Waals surface area contributed by atoms with E-state index in [2.05, 4.69) is 10.1 Å². The molecule has 0 spiro atoms. The number of hydrogen-bond donors (Lipinski definition) is 1. The van der Waals surface area contributed by atoms with E-state index in [1.807, 2.05) is 0 Å². The zero-order valence-corrected chi connectivity index (χ0v) is 13.1. The van der Waals surface area contributed by atoms with Crippen molar-refractivity contribution in [2.45, 2.75) is 6.92 Å². The maximum Gasteiger partial charge on any atom is 0.406 e. The number of carbonyl (C=O) groups is 1. The molecule has 0 unspecified atom stereocenters. The number of sulfonamides is 1. The van der Waals surface area contributed by atoms with Crippen LogP contribution in [0.3, 0.4) is 0 Å². The number of rotatable bonds is 5. The molecular formula is C12H17ClN2O4S. The monoisotopic (exact) mass is 320 g/mol. The van der Waals surface area contributed by atoms with E-state index < -0.39 is 16.1 Å². The van der Waals surface area contributed by atoms with E-state index in [0.717, 1.165) is 6.26 Å². The summed E-state index contributed by atoms with van der Waals surface area (Å²) in [5, 5.41) is 2.92. The molecule has 0 aliphatic rings. The van der Waals surface area contributed by atoms with E-state index in [0.29, 0.717) is 16.3 Å². The Morgan fingerprint density at radius 3 is 2.65 bits per heavy atom. The first-order valence-corrected chi connectivity index (χ1v) is 8.04. The van der Waals surface area contributed by atoms with Gasteiger partial charge >= 0.3 is 6.09 Å². The van der Waals surface area contributed by atoms with Crippen LogP contribution in [-0.4, -0.2) is 41.0 Å². The summed E-state index contributed by atoms with van der Waals surface area (Å²) in [7, 11) is -2.24. The summed E-state index contributed by atoms with van der Waals surface area (Å²) in [6, 6.07) is 5.03. The third-order valence-electron chi connectivity index (χ3n) is 2.68. The van der Waals surface area contributed by atoms with Crippen molar-refractivity contribution in [1.82, 2.24) is 5.32 Å². The molecule has 0 aromatic heterocycles. The van der Waals surface area contributed by atoms with Crippen LogP contribution < -0.4 is 9.62 Å². The minimum absolute atomic E-state index is 0.0924. The van der Waals surface area contributed by atoms with Gasteiger partial charge in [0.15, 0.2) is 0 Å². The van der Waals surface area contributed by atoms with Crippen molar-refractivity contribution in [1.29, 1.82) is 0 Å². The predicted molar refractivity (Wildman–Crippen MR) is 78.8 cm³/mol. The molecular weight excluding hydrogens is 304 g/mol. The first kappa shape index (κ1) is 16.6. The fraction of sp³-hybridized carbons (Fsp3) is 0.417. The lowest BCUT2D eigenvalue weighted by Crippen LogP contribution is -2.38. The second kappa shape index (κ2) is 6.81. The van der Waals surface area contributed by atoms with Gasteiger partial charge in [-0.2, -0.15) is 0 Å². The van der Waals surface area contributed by atoms with E-state index in [4.69, 9.17) is 11.6 Å². The Balaban J connectivity index is 2.97. The van der Waals surface area contributed by atoms with Crippen molar-refractivity contribution < 1.29 is 17.9 Å². The highest BCUT2D eigenvalue weighted by molar-refractivity contribution is 7.92. The van der Waals surface area contributed by atoms with Crippen LogP contribution in [0, 0.1) is 6.92 Å². The number of ether oxygens (including phenoxy) is 1. The molecule has 1 N–H and O–H groups in total. The lowest BCUT2D eigenvalue weighted by Gasteiger charge is -2.24. The summed E-state index contributed by atoms with van der Waals surface area (Å²) in [6.45, 7) is 1.96. The molecule has 8 heteroatoms. The highest BCUT2D eigenvalue weighted by atomic mass is 35.5. The summed E-state index contributed by atoms with van der Waals surface area (Å²) >= 11 is 6.00. The number of halogens is 1. The third kappa shape index (κ3) is 4.28. The standard InChI is InChI=1S/C12H17ClN2O4S/c1-9-10(13)5-4-6-11(9)15(20(3,17)18)8-7-14-12(16)19-2/h4-6H,7-8H2,1-3H3,(H,14,16). The molecule has 0 heterocycles. The number of alkyl carbamates (subject to hydrolysis) is 1. The lowest BCUT2D eigenvalue weighted by atomic mass is 10.2. The number of anilines is 1. The molecule has 1 aromatic rings. The molecule has 1 rings (SSSR count). The molecule has 0 saturated carbocycles. The van der Waals surface area contributed by atoms with Crippen LogP contribution in [0.1, 0.15) is 5.56 Å². The topological polar surface area (TPSA) is 75.7 Å². The maximum absolute atomic E-state index is 11.9. The van der Waals surface area contributed by atoms with Crippen LogP contribution in [0.2, 0.25) is 5.02 Å². The maximum atomic E-state index is 11.9. The average molecular weight is 321 g/mol. The Hall–Kier alpha value is -1.47. The lowest BCUT2D eigenvalue weighted by molar-refractivity contribution is 0.171. The van der Waals surface area contributed by atoms with Gasteiger partial charge in [-0.1, -0.05) is 17.7 Å². The predicted octanol–water partition coefficient (Wildman–Crippen LogP) is 1.77. The molecule has 0 radical (unpaired) electrons. The number of methoxy groups -OCH3 is 1. The fourth-order valence-electron chi connectivity index (χ4n) is 1.66. The van der Waals surface area contributed by atoms with Crippen molar-refractivity contribution in [2.24, 2.45) is 0 Å². The Labute approximate surface area is 123 Å². The van der Waals surface area contributed by atoms with Crippen LogP contribution in [0.4, 0.5) is 10.5 Å². The van der Waals surface area contributed by atoms with Crippen molar-refractivity contribution in [3.05, 3.63) is 28.8 Å². The molecule has 1 amide bonds. The molecule has 0 saturated heterocycles. The number of nitrogens with zero attached hydrogens (tertiary/aromatic N) is 1. The molecule has 20 heavy (non-hydrogen) atoms. The van der Waals surface area contributed by atoms with Crippen LogP contribution in [-0.2, 0) is 14.8 Å². The Morgan fingerprint density at radius 1 is 1.45 bits per heavy atom. The van der Waals surface area contributed by atoms with Crippen molar-refractivity contribution in [2.75, 3.05) is 30.8 Å². The van der Waals surface area contributed by atoms with Gasteiger partial charge in [0, 0.05) is 11.6 Å². The fourth-order valence-corrected chi connectivity index (χ4v) is 2.81. The molecule has 1 aromatic carbocycles. The number of amides is 1. The minimum Gasteiger partial charge on any atom is -0.453 e. The molecule has 0 fully saturated rings. The normalized spacial score (nSPS) is 11.0. The molecule has 0 bridgehead atoms. The second-order valence-electron chi connectivity index (χ2n) is 4.14. The second-order valence-corrected chi connectivity index (χ2v) is 6.45. The quantitative estimate of drug-likeness (QED) is 0.897. The van der Waals surface area contributed by atoms with Crippen molar-refractivity contribution in [3.63, 3.8) is 0 Å². The highest BCUT2D eigenvalue weighted by Gasteiger charge is 2.20. The van der Waals surface area contributed by atoms with E-state index >= 15 is 0 Å². The van der Waals surface area contributed by atoms with Gasteiger partial charge in [-0.05, 0) is 24.6 Å². The number of nitrogens with one attached hydrogen (secondary N) is 1. The van der Waals surface area contributed by atoms with Gasteiger partial charge in [0.1, 0.15) is 0 Å². The first-order chi connectivity index (χ1) is 9.27. The van der Waals surface area contributed by atoms with E-state index in [9.17, 15) is 13.2 Å². The van der Waals surface area contributed by atoms with Crippen LogP contribution in [0.5, 0.6) is 0 Å². The van der Waals surface area contributed by atoms with Gasteiger partial charge < -0.3 is 10.1 Å². The molecule has 112 valence electrons. The Bertz CT molecular complexity index is 589. The third-order valence-corrected chi connectivity index (χ3v) is 4.27. The largest absolute Gasteiger partial charge is 0.453 e. The zero-order valence-electron chi connectivity index (χ0n) is 11.5. The molecule has 0 aliphatic carbocycles. The number of benzene rings is 1. The Kier molecular flexibility index (Phi) is 5.64. The minimum atomic E-state index is -3.48.